The van der Waals surface area contributed by atoms with E-state index in [0.29, 0.717) is 0 Å². The Morgan fingerprint density at radius 3 is 0.946 bits per heavy atom. The highest BCUT2D eigenvalue weighted by Crippen LogP contribution is 2.60. The predicted octanol–water partition coefficient (Wildman–Crippen LogP) is 21.3. The van der Waals surface area contributed by atoms with Crippen molar-refractivity contribution in [3.63, 3.8) is 0 Å². The average Bonchev–Trinajstić information content (AvgIpc) is 1.36. The monoisotopic (exact) mass is 1440 g/mol. The molecule has 0 atom stereocenters. The molecule has 0 spiro atoms. The molecule has 4 aliphatic carbocycles. The topological polar surface area (TPSA) is 116 Å². The first kappa shape index (κ1) is 62.1. The van der Waals surface area contributed by atoms with Crippen LogP contribution < -0.4 is 19.6 Å². The van der Waals surface area contributed by atoms with E-state index in [1.807, 2.05) is 92.8 Å². The highest BCUT2D eigenvalue weighted by atomic mass is 15.2. The van der Waals surface area contributed by atoms with E-state index in [1.54, 1.807) is 0 Å². The van der Waals surface area contributed by atoms with Crippen molar-refractivity contribution >= 4 is 68.4 Å². The second kappa shape index (κ2) is 23.8. The van der Waals surface area contributed by atoms with Crippen LogP contribution in [-0.2, 0) is 77.0 Å². The van der Waals surface area contributed by atoms with Crippen LogP contribution >= 0.6 is 0 Å². The van der Waals surface area contributed by atoms with E-state index in [4.69, 9.17) is 9.97 Å². The van der Waals surface area contributed by atoms with E-state index in [2.05, 4.69) is 225 Å². The van der Waals surface area contributed by atoms with Crippen LogP contribution in [0.2, 0.25) is 0 Å². The largest absolute Gasteiger partial charge is 0.308 e. The summed E-state index contributed by atoms with van der Waals surface area (Å²) in [4.78, 5) is 45.8. The van der Waals surface area contributed by atoms with E-state index in [9.17, 15) is 0 Å². The van der Waals surface area contributed by atoms with Gasteiger partial charge in [-0.25, -0.2) is 4.98 Å². The van der Waals surface area contributed by atoms with Crippen LogP contribution in [0.25, 0.3) is 44.5 Å². The Labute approximate surface area is 647 Å². The van der Waals surface area contributed by atoms with E-state index in [0.717, 1.165) is 88.6 Å². The summed E-state index contributed by atoms with van der Waals surface area (Å²) in [5.41, 5.74) is 58.8. The Kier molecular flexibility index (Phi) is 13.2. The summed E-state index contributed by atoms with van der Waals surface area (Å²) >= 11 is 0. The summed E-state index contributed by atoms with van der Waals surface area (Å²) in [5.74, 6) is 1.06. The molecule has 8 aliphatic heterocycles. The summed E-state index contributed by atoms with van der Waals surface area (Å²) < 4.78 is 0. The molecule has 16 aromatic rings. The normalized spacial score (nSPS) is 14.6. The predicted molar refractivity (Wildman–Crippen MR) is 442 cm³/mol. The van der Waals surface area contributed by atoms with Gasteiger partial charge in [-0.05, 0) is 277 Å². The number of aromatic nitrogens is 8. The van der Waals surface area contributed by atoms with E-state index in [1.165, 1.54) is 235 Å². The van der Waals surface area contributed by atoms with Gasteiger partial charge in [-0.1, -0.05) is 103 Å². The highest BCUT2D eigenvalue weighted by Gasteiger charge is 2.42. The van der Waals surface area contributed by atoms with Gasteiger partial charge in [-0.3, -0.25) is 39.8 Å². The molecule has 12 nitrogen and oxygen atoms in total. The molecular formula is C100H68N12. The Morgan fingerprint density at radius 1 is 0.188 bits per heavy atom. The van der Waals surface area contributed by atoms with Gasteiger partial charge in [0.15, 0.2) is 0 Å². The zero-order chi connectivity index (χ0) is 73.0. The van der Waals surface area contributed by atoms with Crippen molar-refractivity contribution in [2.75, 3.05) is 19.6 Å². The molecule has 0 unspecified atom stereocenters. The van der Waals surface area contributed by atoms with Crippen molar-refractivity contribution in [2.24, 2.45) is 0 Å². The second-order valence-electron chi connectivity index (χ2n) is 31.6. The molecule has 0 saturated carbocycles. The van der Waals surface area contributed by atoms with Crippen LogP contribution in [0.15, 0.2) is 269 Å². The first-order valence-electron chi connectivity index (χ1n) is 39.2. The minimum absolute atomic E-state index is 0.905. The van der Waals surface area contributed by atoms with E-state index >= 15 is 0 Å². The van der Waals surface area contributed by atoms with Crippen LogP contribution in [-0.4, -0.2) is 39.9 Å². The Hall–Kier alpha value is -13.8. The maximum Gasteiger partial charge on any atom is 0.141 e. The van der Waals surface area contributed by atoms with Gasteiger partial charge >= 0.3 is 0 Å². The van der Waals surface area contributed by atoms with Gasteiger partial charge in [0, 0.05) is 107 Å². The van der Waals surface area contributed by atoms with Gasteiger partial charge < -0.3 is 14.7 Å². The fourth-order valence-corrected chi connectivity index (χ4v) is 21.2. The van der Waals surface area contributed by atoms with Gasteiger partial charge in [0.25, 0.3) is 0 Å². The molecule has 12 aliphatic rings. The zero-order valence-corrected chi connectivity index (χ0v) is 61.3. The molecule has 8 aromatic carbocycles. The van der Waals surface area contributed by atoms with Crippen molar-refractivity contribution in [1.29, 1.82) is 0 Å². The van der Waals surface area contributed by atoms with Crippen LogP contribution in [0.4, 0.5) is 68.4 Å². The number of hydrogen-bond donors (Lipinski definition) is 0. The minimum Gasteiger partial charge on any atom is -0.308 e. The van der Waals surface area contributed by atoms with Crippen molar-refractivity contribution in [1.82, 2.24) is 39.9 Å². The summed E-state index contributed by atoms with van der Waals surface area (Å²) in [6, 6.07) is 66.7. The number of rotatable bonds is 0. The number of fused-ring (bicyclic) bond motifs is 32. The van der Waals surface area contributed by atoms with Gasteiger partial charge in [-0.15, -0.1) is 0 Å². The third kappa shape index (κ3) is 9.05. The Balaban J connectivity index is 0.0000000847. The van der Waals surface area contributed by atoms with Crippen LogP contribution in [0, 0.1) is 0 Å². The molecule has 528 valence electrons. The van der Waals surface area contributed by atoms with Gasteiger partial charge in [0.1, 0.15) is 5.82 Å². The fraction of sp³-hybridized carbons (Fsp3) is 0.120. The zero-order valence-electron chi connectivity index (χ0n) is 61.3. The third-order valence-corrected chi connectivity index (χ3v) is 25.9. The van der Waals surface area contributed by atoms with Gasteiger partial charge in [-0.2, -0.15) is 0 Å². The highest BCUT2D eigenvalue weighted by molar-refractivity contribution is 5.99. The maximum absolute atomic E-state index is 4.78. The lowest BCUT2D eigenvalue weighted by atomic mass is 9.83. The quantitative estimate of drug-likeness (QED) is 0.144. The summed E-state index contributed by atoms with van der Waals surface area (Å²) in [6.45, 7) is 0. The fourth-order valence-electron chi connectivity index (χ4n) is 21.2. The SMILES string of the molecule is c1ccc2c(c1)Cc1c-2cc2c3c1Cc1cccnc1N3c1cnccc1C2.c1ccc2c(c1)Cc1c-2cc2c3c1Cc1ccncc1N3c1cnccc1C2.c1ccc2c(c1)Cc1c-2cc2c3c1Cc1cnccc1N3c1cnccc1C2.c1ccc2c(c1)Cc1c-2cc2c3c1Cc1ncccc1N3c1cnccc1C2. The molecule has 28 rings (SSSR count). The molecule has 0 radical (unpaired) electrons. The number of nitrogens with zero attached hydrogens (tertiary/aromatic N) is 12. The molecule has 0 bridgehead atoms. The van der Waals surface area contributed by atoms with Crippen molar-refractivity contribution in [3.05, 3.63) is 402 Å². The number of hydrogen-bond acceptors (Lipinski definition) is 12. The molecule has 0 saturated heterocycles. The van der Waals surface area contributed by atoms with Crippen molar-refractivity contribution in [2.45, 2.75) is 77.0 Å². The minimum atomic E-state index is 0.905. The second-order valence-corrected chi connectivity index (χ2v) is 31.6. The molecule has 0 amide bonds. The molecule has 12 heteroatoms. The van der Waals surface area contributed by atoms with E-state index in [-0.39, 0.29) is 0 Å². The van der Waals surface area contributed by atoms with Crippen LogP contribution in [0.1, 0.15) is 134 Å². The van der Waals surface area contributed by atoms with Crippen LogP contribution in [0.3, 0.4) is 0 Å². The molecule has 112 heavy (non-hydrogen) atoms. The third-order valence-electron chi connectivity index (χ3n) is 25.9. The summed E-state index contributed by atoms with van der Waals surface area (Å²) in [7, 11) is 0. The average molecular weight is 1440 g/mol. The van der Waals surface area contributed by atoms with Crippen molar-refractivity contribution < 1.29 is 0 Å². The first-order chi connectivity index (χ1) is 55.5. The number of pyridine rings is 8. The Morgan fingerprint density at radius 2 is 0.500 bits per heavy atom. The molecule has 8 aromatic heterocycles. The van der Waals surface area contributed by atoms with Crippen LogP contribution in [0.5, 0.6) is 0 Å². The number of benzene rings is 8. The standard InChI is InChI=1S/4C25H17N3/c1-2-6-19-15(4-1)11-21-20(19)13-18-10-16-7-9-26-14-23(16)28-24(18)22(21)12-17-5-3-8-27-25(17)28;1-2-5-18-15(4-1)11-20-19(18)12-17-10-16-7-9-26-14-24(16)28-23-6-3-8-27-22(23)13-21(20)25(17)28;1-2-4-19-15(3-1)10-21-20(19)11-17-9-16-5-7-27-14-24(16)28-23-6-8-26-13-18(23)12-22(21)25(17)28;1-2-4-19-15(3-1)10-21-20(19)12-18-9-16-5-7-26-13-23(16)28-24-14-27-8-6-17(24)11-22(21)25(18)28/h1-9,13-14H,10-12H2;1-9,12,14H,10-11,13H2;1-8,11,13-14H,9-10,12H2;1-8,12-14H,9-11H2. The van der Waals surface area contributed by atoms with Gasteiger partial charge in [0.2, 0.25) is 0 Å². The summed E-state index contributed by atoms with van der Waals surface area (Å²) in [5, 5.41) is 0. The molecule has 16 heterocycles. The first-order valence-corrected chi connectivity index (χ1v) is 39.2. The number of anilines is 12. The van der Waals surface area contributed by atoms with E-state index < -0.39 is 0 Å². The molecule has 0 fully saturated rings. The molecule has 0 N–H and O–H groups in total. The Bertz CT molecular complexity index is 5990. The smallest absolute Gasteiger partial charge is 0.141 e. The van der Waals surface area contributed by atoms with Crippen molar-refractivity contribution in [3.8, 4) is 44.5 Å². The lowest BCUT2D eigenvalue weighted by Crippen LogP contribution is -2.26. The lowest BCUT2D eigenvalue weighted by Gasteiger charge is -2.39. The lowest BCUT2D eigenvalue weighted by molar-refractivity contribution is 0.951. The van der Waals surface area contributed by atoms with Gasteiger partial charge in [0.05, 0.1) is 99.2 Å². The summed E-state index contributed by atoms with van der Waals surface area (Å²) in [6.07, 6.45) is 39.0. The maximum atomic E-state index is 4.78. The molecular weight excluding hydrogens is 1370 g/mol.